The number of halogens is 3. The molecule has 1 heterocycles. The van der Waals surface area contributed by atoms with Gasteiger partial charge in [0.15, 0.2) is 0 Å². The van der Waals surface area contributed by atoms with Crippen LogP contribution >= 0.6 is 31.9 Å². The lowest BCUT2D eigenvalue weighted by Gasteiger charge is -2.10. The van der Waals surface area contributed by atoms with Crippen molar-refractivity contribution >= 4 is 37.5 Å². The predicted molar refractivity (Wildman–Crippen MR) is 81.7 cm³/mol. The van der Waals surface area contributed by atoms with Crippen LogP contribution < -0.4 is 5.32 Å². The van der Waals surface area contributed by atoms with Crippen molar-refractivity contribution in [1.29, 1.82) is 0 Å². The van der Waals surface area contributed by atoms with E-state index in [-0.39, 0.29) is 5.82 Å². The third-order valence-corrected chi connectivity index (χ3v) is 4.47. The van der Waals surface area contributed by atoms with Gasteiger partial charge in [-0.1, -0.05) is 13.0 Å². The lowest BCUT2D eigenvalue weighted by molar-refractivity contribution is 0.628. The first-order chi connectivity index (χ1) is 9.04. The van der Waals surface area contributed by atoms with Gasteiger partial charge in [-0.15, -0.1) is 0 Å². The van der Waals surface area contributed by atoms with Crippen LogP contribution in [0.2, 0.25) is 0 Å². The molecule has 0 bridgehead atoms. The maximum atomic E-state index is 13.7. The van der Waals surface area contributed by atoms with E-state index in [4.69, 9.17) is 0 Å². The van der Waals surface area contributed by atoms with Gasteiger partial charge in [0.05, 0.1) is 28.1 Å². The molecule has 0 unspecified atom stereocenters. The van der Waals surface area contributed by atoms with Crippen molar-refractivity contribution in [3.05, 3.63) is 44.3 Å². The van der Waals surface area contributed by atoms with Crippen LogP contribution in [0.25, 0.3) is 0 Å². The Kier molecular flexibility index (Phi) is 4.62. The molecule has 0 saturated heterocycles. The molecule has 0 spiro atoms. The van der Waals surface area contributed by atoms with Crippen LogP contribution in [-0.2, 0) is 20.0 Å². The summed E-state index contributed by atoms with van der Waals surface area (Å²) in [5.74, 6) is -0.275. The Morgan fingerprint density at radius 1 is 1.37 bits per heavy atom. The lowest BCUT2D eigenvalue weighted by Crippen LogP contribution is -2.07. The zero-order valence-corrected chi connectivity index (χ0v) is 13.8. The topological polar surface area (TPSA) is 29.9 Å². The molecule has 19 heavy (non-hydrogen) atoms. The summed E-state index contributed by atoms with van der Waals surface area (Å²) in [6.45, 7) is 2.56. The molecule has 0 radical (unpaired) electrons. The molecule has 1 aromatic carbocycles. The van der Waals surface area contributed by atoms with Crippen LogP contribution in [0.4, 0.5) is 10.1 Å². The van der Waals surface area contributed by atoms with Crippen LogP contribution in [0.15, 0.2) is 27.1 Å². The van der Waals surface area contributed by atoms with Gasteiger partial charge in [0.25, 0.3) is 0 Å². The molecule has 0 amide bonds. The number of benzene rings is 1. The number of nitrogens with one attached hydrogen (secondary N) is 1. The number of para-hydroxylation sites is 1. The van der Waals surface area contributed by atoms with Gasteiger partial charge in [-0.3, -0.25) is 4.68 Å². The van der Waals surface area contributed by atoms with Crippen LogP contribution in [0, 0.1) is 5.82 Å². The lowest BCUT2D eigenvalue weighted by atomic mass is 10.2. The zero-order valence-electron chi connectivity index (χ0n) is 10.7. The van der Waals surface area contributed by atoms with Gasteiger partial charge in [-0.05, 0) is 50.4 Å². The Morgan fingerprint density at radius 3 is 2.68 bits per heavy atom. The summed E-state index contributed by atoms with van der Waals surface area (Å²) in [5.41, 5.74) is 2.47. The SMILES string of the molecule is CCc1nn(C)c(CNc2c(F)cccc2Br)c1Br. The molecule has 0 saturated carbocycles. The van der Waals surface area contributed by atoms with E-state index in [9.17, 15) is 4.39 Å². The number of rotatable bonds is 4. The van der Waals surface area contributed by atoms with Crippen molar-refractivity contribution in [2.75, 3.05) is 5.32 Å². The normalized spacial score (nSPS) is 10.8. The fourth-order valence-corrected chi connectivity index (χ4v) is 3.09. The van der Waals surface area contributed by atoms with Gasteiger partial charge in [0.2, 0.25) is 0 Å². The van der Waals surface area contributed by atoms with E-state index in [2.05, 4.69) is 49.2 Å². The molecular weight excluding hydrogens is 377 g/mol. The van der Waals surface area contributed by atoms with E-state index in [0.717, 1.165) is 22.3 Å². The third kappa shape index (κ3) is 3.00. The van der Waals surface area contributed by atoms with Gasteiger partial charge < -0.3 is 5.32 Å². The highest BCUT2D eigenvalue weighted by molar-refractivity contribution is 9.11. The number of anilines is 1. The van der Waals surface area contributed by atoms with Crippen molar-refractivity contribution in [3.63, 3.8) is 0 Å². The predicted octanol–water partition coefficient (Wildman–Crippen LogP) is 4.26. The van der Waals surface area contributed by atoms with Crippen molar-refractivity contribution < 1.29 is 4.39 Å². The maximum absolute atomic E-state index is 13.7. The first kappa shape index (κ1) is 14.5. The Labute approximate surface area is 128 Å². The molecule has 1 N–H and O–H groups in total. The summed E-state index contributed by atoms with van der Waals surface area (Å²) in [4.78, 5) is 0. The third-order valence-electron chi connectivity index (χ3n) is 2.90. The van der Waals surface area contributed by atoms with E-state index in [0.29, 0.717) is 16.7 Å². The molecule has 2 rings (SSSR count). The first-order valence-corrected chi connectivity index (χ1v) is 7.51. The van der Waals surface area contributed by atoms with E-state index >= 15 is 0 Å². The van der Waals surface area contributed by atoms with Gasteiger partial charge in [0, 0.05) is 11.5 Å². The van der Waals surface area contributed by atoms with Crippen molar-refractivity contribution in [1.82, 2.24) is 9.78 Å². The highest BCUT2D eigenvalue weighted by Crippen LogP contribution is 2.27. The number of aromatic nitrogens is 2. The monoisotopic (exact) mass is 389 g/mol. The minimum absolute atomic E-state index is 0.275. The summed E-state index contributed by atoms with van der Waals surface area (Å²) in [6, 6.07) is 4.91. The minimum Gasteiger partial charge on any atom is -0.376 e. The second kappa shape index (κ2) is 6.05. The van der Waals surface area contributed by atoms with Crippen LogP contribution in [0.3, 0.4) is 0 Å². The standard InChI is InChI=1S/C13H14Br2FN3/c1-3-10-12(15)11(19(2)18-10)7-17-13-8(14)5-4-6-9(13)16/h4-6,17H,3,7H2,1-2H3. The summed E-state index contributed by atoms with van der Waals surface area (Å²) >= 11 is 6.88. The molecule has 2 aromatic rings. The molecule has 1 aromatic heterocycles. The van der Waals surface area contributed by atoms with E-state index in [1.807, 2.05) is 11.7 Å². The molecule has 0 aliphatic rings. The van der Waals surface area contributed by atoms with E-state index in [1.165, 1.54) is 6.07 Å². The molecular formula is C13H14Br2FN3. The fourth-order valence-electron chi connectivity index (χ4n) is 1.85. The highest BCUT2D eigenvalue weighted by Gasteiger charge is 2.13. The minimum atomic E-state index is -0.275. The number of aryl methyl sites for hydroxylation is 2. The molecule has 3 nitrogen and oxygen atoms in total. The van der Waals surface area contributed by atoms with Crippen LogP contribution in [-0.4, -0.2) is 9.78 Å². The zero-order chi connectivity index (χ0) is 14.0. The Morgan fingerprint density at radius 2 is 2.11 bits per heavy atom. The van der Waals surface area contributed by atoms with Crippen molar-refractivity contribution in [2.24, 2.45) is 7.05 Å². The van der Waals surface area contributed by atoms with Crippen LogP contribution in [0.1, 0.15) is 18.3 Å². The molecule has 6 heteroatoms. The van der Waals surface area contributed by atoms with Crippen LogP contribution in [0.5, 0.6) is 0 Å². The molecule has 0 aliphatic heterocycles. The molecule has 0 atom stereocenters. The maximum Gasteiger partial charge on any atom is 0.147 e. The largest absolute Gasteiger partial charge is 0.376 e. The second-order valence-electron chi connectivity index (χ2n) is 4.13. The van der Waals surface area contributed by atoms with E-state index < -0.39 is 0 Å². The smallest absolute Gasteiger partial charge is 0.147 e. The van der Waals surface area contributed by atoms with Gasteiger partial charge in [0.1, 0.15) is 5.82 Å². The second-order valence-corrected chi connectivity index (χ2v) is 5.78. The molecule has 102 valence electrons. The Balaban J connectivity index is 2.22. The number of nitrogens with zero attached hydrogens (tertiary/aromatic N) is 2. The van der Waals surface area contributed by atoms with Crippen molar-refractivity contribution in [2.45, 2.75) is 19.9 Å². The first-order valence-electron chi connectivity index (χ1n) is 5.92. The quantitative estimate of drug-likeness (QED) is 0.845. The van der Waals surface area contributed by atoms with Gasteiger partial charge >= 0.3 is 0 Å². The number of hydrogen-bond donors (Lipinski definition) is 1. The average molecular weight is 391 g/mol. The van der Waals surface area contributed by atoms with Gasteiger partial charge in [-0.25, -0.2) is 4.39 Å². The summed E-state index contributed by atoms with van der Waals surface area (Å²) < 4.78 is 17.2. The molecule has 0 aliphatic carbocycles. The summed E-state index contributed by atoms with van der Waals surface area (Å²) in [5, 5.41) is 7.51. The van der Waals surface area contributed by atoms with E-state index in [1.54, 1.807) is 12.1 Å². The number of hydrogen-bond acceptors (Lipinski definition) is 2. The molecule has 0 fully saturated rings. The Bertz CT molecular complexity index is 576. The average Bonchev–Trinajstić information content (AvgIpc) is 2.65. The summed E-state index contributed by atoms with van der Waals surface area (Å²) in [6.07, 6.45) is 0.859. The Hall–Kier alpha value is -0.880. The highest BCUT2D eigenvalue weighted by atomic mass is 79.9. The van der Waals surface area contributed by atoms with Crippen molar-refractivity contribution in [3.8, 4) is 0 Å². The summed E-state index contributed by atoms with van der Waals surface area (Å²) in [7, 11) is 1.89. The van der Waals surface area contributed by atoms with Gasteiger partial charge in [-0.2, -0.15) is 5.10 Å². The fraction of sp³-hybridized carbons (Fsp3) is 0.308.